The highest BCUT2D eigenvalue weighted by molar-refractivity contribution is 5.83. The Labute approximate surface area is 224 Å². The standard InChI is InChI=1S/C26H31N5O8/c1-8-26(11-35-23(32)13(2)3)18(38-24(33)14(4)5)9-19(39-26)31-12-28-20-21(29-16(7)30-22(20)31)27-10-17-15(6)36-25(34)37-17/h1,12-14,18-19H,9-11H2,2-7H3,(H,27,29,30)/t18-,19+,26+/m0/s1. The summed E-state index contributed by atoms with van der Waals surface area (Å²) in [5.41, 5.74) is -0.662. The number of nitrogens with one attached hydrogen (secondary N) is 1. The number of nitrogens with zero attached hydrogens (tertiary/aromatic N) is 4. The molecule has 0 radical (unpaired) electrons. The van der Waals surface area contributed by atoms with E-state index in [0.717, 1.165) is 0 Å². The highest BCUT2D eigenvalue weighted by Crippen LogP contribution is 2.40. The molecule has 1 fully saturated rings. The van der Waals surface area contributed by atoms with Gasteiger partial charge in [-0.1, -0.05) is 33.6 Å². The van der Waals surface area contributed by atoms with Gasteiger partial charge in [-0.3, -0.25) is 14.2 Å². The molecule has 0 amide bonds. The quantitative estimate of drug-likeness (QED) is 0.312. The molecule has 208 valence electrons. The van der Waals surface area contributed by atoms with Crippen LogP contribution >= 0.6 is 0 Å². The molecule has 0 bridgehead atoms. The maximum Gasteiger partial charge on any atom is 0.519 e. The molecule has 0 unspecified atom stereocenters. The van der Waals surface area contributed by atoms with Crippen molar-refractivity contribution in [2.24, 2.45) is 11.8 Å². The van der Waals surface area contributed by atoms with E-state index < -0.39 is 41.6 Å². The number of terminal acetylenes is 1. The molecule has 0 spiro atoms. The molecule has 13 heteroatoms. The van der Waals surface area contributed by atoms with Crippen LogP contribution < -0.4 is 11.1 Å². The fourth-order valence-corrected chi connectivity index (χ4v) is 4.03. The van der Waals surface area contributed by atoms with Crippen LogP contribution in [0, 0.1) is 38.0 Å². The number of carbonyl (C=O) groups excluding carboxylic acids is 2. The molecule has 3 atom stereocenters. The van der Waals surface area contributed by atoms with Crippen LogP contribution in [0.2, 0.25) is 0 Å². The van der Waals surface area contributed by atoms with Gasteiger partial charge in [0.15, 0.2) is 22.7 Å². The first-order chi connectivity index (χ1) is 18.4. The number of carbonyl (C=O) groups is 2. The maximum absolute atomic E-state index is 12.5. The minimum absolute atomic E-state index is 0.130. The Bertz CT molecular complexity index is 1480. The van der Waals surface area contributed by atoms with Crippen LogP contribution in [0.1, 0.15) is 57.7 Å². The lowest BCUT2D eigenvalue weighted by molar-refractivity contribution is -0.170. The molecule has 1 N–H and O–H groups in total. The summed E-state index contributed by atoms with van der Waals surface area (Å²) in [6.07, 6.45) is 5.95. The number of aryl methyl sites for hydroxylation is 2. The summed E-state index contributed by atoms with van der Waals surface area (Å²) >= 11 is 0. The van der Waals surface area contributed by atoms with E-state index in [2.05, 4.69) is 26.2 Å². The fraction of sp³-hybridized carbons (Fsp3) is 0.538. The van der Waals surface area contributed by atoms with Crippen molar-refractivity contribution in [1.82, 2.24) is 19.5 Å². The number of imidazole rings is 1. The van der Waals surface area contributed by atoms with Crippen LogP contribution in [0.15, 0.2) is 20.0 Å². The second-order valence-corrected chi connectivity index (χ2v) is 9.92. The van der Waals surface area contributed by atoms with Gasteiger partial charge in [0, 0.05) is 6.42 Å². The zero-order chi connectivity index (χ0) is 28.5. The van der Waals surface area contributed by atoms with Crippen molar-refractivity contribution in [1.29, 1.82) is 0 Å². The number of anilines is 1. The first-order valence-corrected chi connectivity index (χ1v) is 12.5. The van der Waals surface area contributed by atoms with Crippen LogP contribution in [0.4, 0.5) is 5.82 Å². The van der Waals surface area contributed by atoms with Crippen molar-refractivity contribution in [3.8, 4) is 12.3 Å². The smallest absolute Gasteiger partial charge is 0.461 e. The van der Waals surface area contributed by atoms with Gasteiger partial charge in [0.1, 0.15) is 30.5 Å². The molecule has 4 heterocycles. The third kappa shape index (κ3) is 5.65. The van der Waals surface area contributed by atoms with Gasteiger partial charge in [-0.25, -0.2) is 19.7 Å². The van der Waals surface area contributed by atoms with Crippen molar-refractivity contribution in [2.75, 3.05) is 11.9 Å². The van der Waals surface area contributed by atoms with Crippen LogP contribution in [-0.4, -0.2) is 49.8 Å². The van der Waals surface area contributed by atoms with Gasteiger partial charge in [-0.2, -0.15) is 0 Å². The lowest BCUT2D eigenvalue weighted by atomic mass is 9.98. The maximum atomic E-state index is 12.5. The summed E-state index contributed by atoms with van der Waals surface area (Å²) in [5, 5.41) is 3.10. The lowest BCUT2D eigenvalue weighted by Gasteiger charge is -2.29. The third-order valence-electron chi connectivity index (χ3n) is 6.25. The van der Waals surface area contributed by atoms with Crippen molar-refractivity contribution >= 4 is 28.9 Å². The first-order valence-electron chi connectivity index (χ1n) is 12.5. The molecule has 39 heavy (non-hydrogen) atoms. The Kier molecular flexibility index (Phi) is 7.78. The van der Waals surface area contributed by atoms with Gasteiger partial charge < -0.3 is 28.4 Å². The van der Waals surface area contributed by atoms with E-state index in [4.69, 9.17) is 29.5 Å². The molecule has 1 aliphatic heterocycles. The molecule has 0 aliphatic carbocycles. The largest absolute Gasteiger partial charge is 0.519 e. The lowest BCUT2D eigenvalue weighted by Crippen LogP contribution is -2.46. The highest BCUT2D eigenvalue weighted by atomic mass is 16.6. The number of fused-ring (bicyclic) bond motifs is 1. The number of hydrogen-bond acceptors (Lipinski definition) is 12. The topological polar surface area (TPSA) is 161 Å². The van der Waals surface area contributed by atoms with E-state index in [1.54, 1.807) is 46.1 Å². The predicted molar refractivity (Wildman–Crippen MR) is 136 cm³/mol. The Balaban J connectivity index is 1.65. The van der Waals surface area contributed by atoms with Crippen molar-refractivity contribution < 1.29 is 32.6 Å². The van der Waals surface area contributed by atoms with E-state index in [9.17, 15) is 14.4 Å². The summed E-state index contributed by atoms with van der Waals surface area (Å²) in [5.74, 6) is 1.60. The fourth-order valence-electron chi connectivity index (χ4n) is 4.03. The second-order valence-electron chi connectivity index (χ2n) is 9.92. The average Bonchev–Trinajstić information content (AvgIpc) is 3.55. The minimum Gasteiger partial charge on any atom is -0.461 e. The summed E-state index contributed by atoms with van der Waals surface area (Å²) in [6.45, 7) is 9.98. The third-order valence-corrected chi connectivity index (χ3v) is 6.25. The van der Waals surface area contributed by atoms with E-state index in [1.165, 1.54) is 6.33 Å². The van der Waals surface area contributed by atoms with Crippen LogP contribution in [0.25, 0.3) is 11.2 Å². The number of hydrogen-bond donors (Lipinski definition) is 1. The van der Waals surface area contributed by atoms with E-state index in [-0.39, 0.29) is 25.5 Å². The zero-order valence-electron chi connectivity index (χ0n) is 22.6. The highest BCUT2D eigenvalue weighted by Gasteiger charge is 2.52. The molecule has 1 aliphatic rings. The second kappa shape index (κ2) is 10.9. The molecule has 13 nitrogen and oxygen atoms in total. The van der Waals surface area contributed by atoms with Gasteiger partial charge in [0.2, 0.25) is 5.60 Å². The van der Waals surface area contributed by atoms with E-state index >= 15 is 0 Å². The Morgan fingerprint density at radius 3 is 2.54 bits per heavy atom. The van der Waals surface area contributed by atoms with Crippen LogP contribution in [0.3, 0.4) is 0 Å². The molecule has 4 rings (SSSR count). The monoisotopic (exact) mass is 541 g/mol. The number of esters is 2. The molecule has 3 aromatic heterocycles. The number of ether oxygens (including phenoxy) is 3. The average molecular weight is 542 g/mol. The summed E-state index contributed by atoms with van der Waals surface area (Å²) < 4.78 is 29.1. The first kappa shape index (κ1) is 27.8. The van der Waals surface area contributed by atoms with Crippen molar-refractivity contribution in [3.63, 3.8) is 0 Å². The van der Waals surface area contributed by atoms with Gasteiger partial charge in [-0.05, 0) is 13.8 Å². The minimum atomic E-state index is -1.52. The van der Waals surface area contributed by atoms with Gasteiger partial charge >= 0.3 is 17.8 Å². The Morgan fingerprint density at radius 1 is 1.21 bits per heavy atom. The van der Waals surface area contributed by atoms with Crippen molar-refractivity contribution in [3.05, 3.63) is 34.3 Å². The summed E-state index contributed by atoms with van der Waals surface area (Å²) in [6, 6.07) is 0. The Morgan fingerprint density at radius 2 is 1.92 bits per heavy atom. The van der Waals surface area contributed by atoms with Gasteiger partial charge in [0.05, 0.1) is 24.7 Å². The number of rotatable bonds is 9. The molecule has 0 aromatic carbocycles. The molecule has 1 saturated heterocycles. The van der Waals surface area contributed by atoms with Crippen LogP contribution in [-0.2, 0) is 30.3 Å². The predicted octanol–water partition coefficient (Wildman–Crippen LogP) is 2.66. The number of aromatic nitrogens is 4. The molecule has 0 saturated carbocycles. The normalized spacial score (nSPS) is 20.9. The van der Waals surface area contributed by atoms with Gasteiger partial charge in [0.25, 0.3) is 0 Å². The molecular weight excluding hydrogens is 510 g/mol. The van der Waals surface area contributed by atoms with Crippen LogP contribution in [0.5, 0.6) is 0 Å². The molecular formula is C26H31N5O8. The Hall–Kier alpha value is -4.18. The van der Waals surface area contributed by atoms with E-state index in [0.29, 0.717) is 34.3 Å². The van der Waals surface area contributed by atoms with E-state index in [1.807, 2.05) is 0 Å². The zero-order valence-corrected chi connectivity index (χ0v) is 22.6. The summed E-state index contributed by atoms with van der Waals surface area (Å²) in [4.78, 5) is 49.5. The molecule has 3 aromatic rings. The van der Waals surface area contributed by atoms with Crippen molar-refractivity contribution in [2.45, 2.75) is 72.4 Å². The SMILES string of the molecule is C#C[C@]1(COC(=O)C(C)C)O[C@@H](n2cnc3c(NCc4oc(=O)oc4C)nc(C)nc32)C[C@@H]1OC(=O)C(C)C. The van der Waals surface area contributed by atoms with Gasteiger partial charge in [-0.15, -0.1) is 6.42 Å². The summed E-state index contributed by atoms with van der Waals surface area (Å²) in [7, 11) is 0.